The Balaban J connectivity index is 2.12. The number of amides is 1. The van der Waals surface area contributed by atoms with E-state index >= 15 is 0 Å². The van der Waals surface area contributed by atoms with Gasteiger partial charge in [0.2, 0.25) is 0 Å². The highest BCUT2D eigenvalue weighted by atomic mass is 16.5. The Morgan fingerprint density at radius 3 is 2.17 bits per heavy atom. The molecule has 0 radical (unpaired) electrons. The van der Waals surface area contributed by atoms with E-state index in [1.54, 1.807) is 12.1 Å². The monoisotopic (exact) mass is 329 g/mol. The molecule has 0 aromatic heterocycles. The second-order valence-corrected chi connectivity index (χ2v) is 4.90. The first-order valence-corrected chi connectivity index (χ1v) is 6.94. The van der Waals surface area contributed by atoms with E-state index in [1.807, 2.05) is 0 Å². The van der Waals surface area contributed by atoms with Crippen LogP contribution in [0.5, 0.6) is 5.75 Å². The molecule has 0 unspecified atom stereocenters. The van der Waals surface area contributed by atoms with Crippen LogP contribution in [-0.4, -0.2) is 35.2 Å². The van der Waals surface area contributed by atoms with Crippen LogP contribution in [0.3, 0.4) is 0 Å². The van der Waals surface area contributed by atoms with E-state index < -0.39 is 17.8 Å². The molecule has 0 fully saturated rings. The van der Waals surface area contributed by atoms with Gasteiger partial charge in [0.1, 0.15) is 5.75 Å². The summed E-state index contributed by atoms with van der Waals surface area (Å²) in [4.78, 5) is 34.3. The molecule has 0 aliphatic rings. The van der Waals surface area contributed by atoms with Crippen molar-refractivity contribution in [1.82, 2.24) is 5.32 Å². The third-order valence-electron chi connectivity index (χ3n) is 3.36. The van der Waals surface area contributed by atoms with Gasteiger partial charge in [0.15, 0.2) is 0 Å². The zero-order chi connectivity index (χ0) is 17.7. The van der Waals surface area contributed by atoms with Crippen LogP contribution in [0.2, 0.25) is 0 Å². The van der Waals surface area contributed by atoms with Gasteiger partial charge in [-0.2, -0.15) is 0 Å². The Hall–Kier alpha value is -3.35. The molecule has 0 heterocycles. The summed E-state index contributed by atoms with van der Waals surface area (Å²) in [6.45, 7) is 0.143. The number of carbonyl (C=O) groups is 3. The molecule has 3 N–H and O–H groups in total. The maximum Gasteiger partial charge on any atom is 0.336 e. The molecular formula is C17H15NO6. The molecule has 0 atom stereocenters. The first kappa shape index (κ1) is 17.0. The third-order valence-corrected chi connectivity index (χ3v) is 3.36. The Morgan fingerprint density at radius 1 is 0.958 bits per heavy atom. The number of ether oxygens (including phenoxy) is 1. The quantitative estimate of drug-likeness (QED) is 0.747. The first-order valence-electron chi connectivity index (χ1n) is 6.94. The lowest BCUT2D eigenvalue weighted by molar-refractivity contribution is 0.0684. The zero-order valence-electron chi connectivity index (χ0n) is 12.8. The molecule has 0 bridgehead atoms. The summed E-state index contributed by atoms with van der Waals surface area (Å²) in [7, 11) is 1.40. The van der Waals surface area contributed by atoms with Gasteiger partial charge in [-0.3, -0.25) is 4.79 Å². The minimum Gasteiger partial charge on any atom is -0.497 e. The second kappa shape index (κ2) is 7.28. The van der Waals surface area contributed by atoms with Gasteiger partial charge in [0.25, 0.3) is 5.91 Å². The Bertz CT molecular complexity index is 782. The summed E-state index contributed by atoms with van der Waals surface area (Å²) >= 11 is 0. The topological polar surface area (TPSA) is 113 Å². The number of hydrogen-bond acceptors (Lipinski definition) is 4. The fourth-order valence-electron chi connectivity index (χ4n) is 2.07. The van der Waals surface area contributed by atoms with E-state index in [4.69, 9.17) is 9.84 Å². The van der Waals surface area contributed by atoms with E-state index in [0.29, 0.717) is 11.3 Å². The number of nitrogens with one attached hydrogen (secondary N) is 1. The smallest absolute Gasteiger partial charge is 0.336 e. The van der Waals surface area contributed by atoms with Gasteiger partial charge in [0, 0.05) is 6.54 Å². The maximum absolute atomic E-state index is 12.2. The molecule has 7 heteroatoms. The average Bonchev–Trinajstić information content (AvgIpc) is 2.59. The lowest BCUT2D eigenvalue weighted by Gasteiger charge is -2.09. The van der Waals surface area contributed by atoms with Crippen molar-refractivity contribution in [3.05, 3.63) is 64.7 Å². The van der Waals surface area contributed by atoms with Crippen molar-refractivity contribution < 1.29 is 29.3 Å². The normalized spacial score (nSPS) is 10.0. The fraction of sp³-hybridized carbons (Fsp3) is 0.118. The van der Waals surface area contributed by atoms with Gasteiger partial charge in [-0.25, -0.2) is 9.59 Å². The van der Waals surface area contributed by atoms with Gasteiger partial charge < -0.3 is 20.3 Å². The van der Waals surface area contributed by atoms with Crippen LogP contribution in [0.4, 0.5) is 0 Å². The average molecular weight is 329 g/mol. The molecular weight excluding hydrogens is 314 g/mol. The van der Waals surface area contributed by atoms with Crippen LogP contribution in [0.25, 0.3) is 0 Å². The molecule has 0 aliphatic carbocycles. The number of methoxy groups -OCH3 is 1. The van der Waals surface area contributed by atoms with E-state index in [-0.39, 0.29) is 23.2 Å². The summed E-state index contributed by atoms with van der Waals surface area (Å²) < 4.78 is 4.96. The van der Waals surface area contributed by atoms with Crippen molar-refractivity contribution in [3.8, 4) is 5.75 Å². The van der Waals surface area contributed by atoms with Crippen molar-refractivity contribution in [2.75, 3.05) is 7.11 Å². The van der Waals surface area contributed by atoms with Crippen molar-refractivity contribution in [2.45, 2.75) is 6.54 Å². The molecule has 7 nitrogen and oxygen atoms in total. The van der Waals surface area contributed by atoms with Crippen LogP contribution in [0.1, 0.15) is 36.6 Å². The zero-order valence-corrected chi connectivity index (χ0v) is 12.8. The molecule has 0 aliphatic heterocycles. The minimum atomic E-state index is -1.23. The van der Waals surface area contributed by atoms with Crippen molar-refractivity contribution >= 4 is 17.8 Å². The van der Waals surface area contributed by atoms with Gasteiger partial charge >= 0.3 is 11.9 Å². The molecule has 0 spiro atoms. The molecule has 24 heavy (non-hydrogen) atoms. The van der Waals surface area contributed by atoms with Gasteiger partial charge in [-0.15, -0.1) is 0 Å². The van der Waals surface area contributed by atoms with Gasteiger partial charge in [-0.05, 0) is 35.9 Å². The van der Waals surface area contributed by atoms with Gasteiger partial charge in [-0.1, -0.05) is 12.1 Å². The number of carboxylic acid groups (broad SMARTS) is 2. The summed E-state index contributed by atoms with van der Waals surface area (Å²) in [6.07, 6.45) is 0. The van der Waals surface area contributed by atoms with E-state index in [0.717, 1.165) is 0 Å². The second-order valence-electron chi connectivity index (χ2n) is 4.90. The maximum atomic E-state index is 12.2. The summed E-state index contributed by atoms with van der Waals surface area (Å²) in [5.74, 6) is -2.47. The molecule has 1 amide bonds. The molecule has 0 saturated heterocycles. The molecule has 2 rings (SSSR count). The fourth-order valence-corrected chi connectivity index (χ4v) is 2.07. The Morgan fingerprint density at radius 2 is 1.62 bits per heavy atom. The highest BCUT2D eigenvalue weighted by Gasteiger charge is 2.17. The lowest BCUT2D eigenvalue weighted by Crippen LogP contribution is -2.25. The first-order chi connectivity index (χ1) is 11.4. The van der Waals surface area contributed by atoms with E-state index in [9.17, 15) is 19.5 Å². The molecule has 2 aromatic carbocycles. The van der Waals surface area contributed by atoms with Crippen LogP contribution in [0, 0.1) is 0 Å². The Kier molecular flexibility index (Phi) is 5.16. The SMILES string of the molecule is COc1ccc(C(=O)NCc2ccc(C(=O)O)cc2)c(C(=O)O)c1. The molecule has 2 aromatic rings. The number of carboxylic acids is 2. The minimum absolute atomic E-state index is 0.0189. The van der Waals surface area contributed by atoms with Crippen molar-refractivity contribution in [3.63, 3.8) is 0 Å². The predicted octanol–water partition coefficient (Wildman–Crippen LogP) is 2.02. The Labute approximate surface area is 137 Å². The number of rotatable bonds is 6. The number of aromatic carboxylic acids is 2. The van der Waals surface area contributed by atoms with Crippen LogP contribution < -0.4 is 10.1 Å². The number of hydrogen-bond donors (Lipinski definition) is 3. The summed E-state index contributed by atoms with van der Waals surface area (Å²) in [6, 6.07) is 10.2. The van der Waals surface area contributed by atoms with Crippen LogP contribution in [0.15, 0.2) is 42.5 Å². The highest BCUT2D eigenvalue weighted by molar-refractivity contribution is 6.05. The molecule has 124 valence electrons. The van der Waals surface area contributed by atoms with Crippen molar-refractivity contribution in [1.29, 1.82) is 0 Å². The standard InChI is InChI=1S/C17H15NO6/c1-24-12-6-7-13(14(8-12)17(22)23)15(19)18-9-10-2-4-11(5-3-10)16(20)21/h2-8H,9H2,1H3,(H,18,19)(H,20,21)(H,22,23). The van der Waals surface area contributed by atoms with E-state index in [2.05, 4.69) is 5.32 Å². The van der Waals surface area contributed by atoms with Crippen LogP contribution in [-0.2, 0) is 6.54 Å². The largest absolute Gasteiger partial charge is 0.497 e. The summed E-state index contributed by atoms with van der Waals surface area (Å²) in [5.41, 5.74) is 0.700. The lowest BCUT2D eigenvalue weighted by atomic mass is 10.1. The van der Waals surface area contributed by atoms with Crippen molar-refractivity contribution in [2.24, 2.45) is 0 Å². The number of carbonyl (C=O) groups excluding carboxylic acids is 1. The number of benzene rings is 2. The van der Waals surface area contributed by atoms with Crippen LogP contribution >= 0.6 is 0 Å². The summed E-state index contributed by atoms with van der Waals surface area (Å²) in [5, 5.41) is 20.6. The predicted molar refractivity (Wildman–Crippen MR) is 84.5 cm³/mol. The highest BCUT2D eigenvalue weighted by Crippen LogP contribution is 2.18. The molecule has 0 saturated carbocycles. The van der Waals surface area contributed by atoms with E-state index in [1.165, 1.54) is 37.4 Å². The van der Waals surface area contributed by atoms with Gasteiger partial charge in [0.05, 0.1) is 23.8 Å². The third kappa shape index (κ3) is 3.89.